The molecule has 0 spiro atoms. The second kappa shape index (κ2) is 11.2. The number of hydrogen-bond acceptors (Lipinski definition) is 5. The normalized spacial score (nSPS) is 17.8. The predicted molar refractivity (Wildman–Crippen MR) is 131 cm³/mol. The first kappa shape index (κ1) is 25.3. The molecule has 1 aliphatic rings. The van der Waals surface area contributed by atoms with Crippen LogP contribution in [0.15, 0.2) is 52.5 Å². The third-order valence-corrected chi connectivity index (χ3v) is 6.05. The first-order valence-electron chi connectivity index (χ1n) is 10.8. The van der Waals surface area contributed by atoms with Crippen LogP contribution >= 0.6 is 27.5 Å². The molecule has 1 heterocycles. The second-order valence-electron chi connectivity index (χ2n) is 7.90. The third-order valence-electron chi connectivity index (χ3n) is 5.23. The highest BCUT2D eigenvalue weighted by Gasteiger charge is 2.45. The summed E-state index contributed by atoms with van der Waals surface area (Å²) in [6.07, 6.45) is 0.639. The van der Waals surface area contributed by atoms with Crippen molar-refractivity contribution in [2.75, 3.05) is 19.8 Å². The Balaban J connectivity index is 2.03. The van der Waals surface area contributed by atoms with E-state index in [9.17, 15) is 14.7 Å². The Morgan fingerprint density at radius 1 is 1.18 bits per heavy atom. The van der Waals surface area contributed by atoms with Gasteiger partial charge in [-0.1, -0.05) is 39.7 Å². The average Bonchev–Trinajstić information content (AvgIpc) is 3.03. The number of Topliss-reactive ketones (excluding diaryl/α,β-unsaturated/α-hetero) is 1. The molecule has 176 valence electrons. The predicted octanol–water partition coefficient (Wildman–Crippen LogP) is 5.74. The Labute approximate surface area is 207 Å². The third kappa shape index (κ3) is 5.78. The van der Waals surface area contributed by atoms with Gasteiger partial charge in [0, 0.05) is 23.2 Å². The number of amides is 1. The van der Waals surface area contributed by atoms with E-state index >= 15 is 0 Å². The van der Waals surface area contributed by atoms with Crippen LogP contribution in [-0.4, -0.2) is 47.6 Å². The minimum Gasteiger partial charge on any atom is -0.507 e. The molecule has 3 rings (SSSR count). The lowest BCUT2D eigenvalue weighted by Gasteiger charge is -2.25. The number of ketones is 1. The average molecular weight is 537 g/mol. The van der Waals surface area contributed by atoms with E-state index < -0.39 is 17.7 Å². The zero-order valence-electron chi connectivity index (χ0n) is 18.8. The van der Waals surface area contributed by atoms with Gasteiger partial charge >= 0.3 is 0 Å². The van der Waals surface area contributed by atoms with Crippen molar-refractivity contribution in [3.05, 3.63) is 68.7 Å². The lowest BCUT2D eigenvalue weighted by molar-refractivity contribution is -0.140. The molecule has 0 radical (unpaired) electrons. The van der Waals surface area contributed by atoms with E-state index in [2.05, 4.69) is 15.9 Å². The molecule has 6 nitrogen and oxygen atoms in total. The summed E-state index contributed by atoms with van der Waals surface area (Å²) >= 11 is 9.71. The van der Waals surface area contributed by atoms with Crippen LogP contribution in [-0.2, 0) is 14.3 Å². The lowest BCUT2D eigenvalue weighted by Crippen LogP contribution is -2.31. The fourth-order valence-corrected chi connectivity index (χ4v) is 4.23. The van der Waals surface area contributed by atoms with Gasteiger partial charge in [0.2, 0.25) is 0 Å². The molecule has 8 heteroatoms. The molecule has 1 N–H and O–H groups in total. The number of carbonyl (C=O) groups excluding carboxylic acids is 2. The monoisotopic (exact) mass is 535 g/mol. The Kier molecular flexibility index (Phi) is 8.57. The molecule has 1 unspecified atom stereocenters. The summed E-state index contributed by atoms with van der Waals surface area (Å²) in [5, 5.41) is 11.5. The highest BCUT2D eigenvalue weighted by Crippen LogP contribution is 2.40. The summed E-state index contributed by atoms with van der Waals surface area (Å²) in [6.45, 7) is 6.95. The Morgan fingerprint density at radius 2 is 1.88 bits per heavy atom. The van der Waals surface area contributed by atoms with Crippen LogP contribution in [0, 0.1) is 0 Å². The van der Waals surface area contributed by atoms with Gasteiger partial charge in [-0.25, -0.2) is 0 Å². The molecule has 33 heavy (non-hydrogen) atoms. The molecular formula is C25H27BrClNO5. The first-order chi connectivity index (χ1) is 15.7. The van der Waals surface area contributed by atoms with Gasteiger partial charge in [0.25, 0.3) is 11.7 Å². The number of benzene rings is 2. The maximum Gasteiger partial charge on any atom is 0.295 e. The number of hydrogen-bond donors (Lipinski definition) is 1. The Morgan fingerprint density at radius 3 is 2.48 bits per heavy atom. The van der Waals surface area contributed by atoms with Gasteiger partial charge in [-0.05, 0) is 63.1 Å². The van der Waals surface area contributed by atoms with Gasteiger partial charge in [-0.3, -0.25) is 9.59 Å². The van der Waals surface area contributed by atoms with Crippen molar-refractivity contribution in [3.8, 4) is 5.75 Å². The maximum absolute atomic E-state index is 13.1. The van der Waals surface area contributed by atoms with Crippen LogP contribution in [0.3, 0.4) is 0 Å². The molecular weight excluding hydrogens is 510 g/mol. The van der Waals surface area contributed by atoms with Crippen LogP contribution < -0.4 is 4.74 Å². The second-order valence-corrected chi connectivity index (χ2v) is 9.22. The number of aliphatic hydroxyl groups excluding tert-OH is 1. The highest BCUT2D eigenvalue weighted by molar-refractivity contribution is 9.10. The summed E-state index contributed by atoms with van der Waals surface area (Å²) in [5.74, 6) is -1.17. The number of carbonyl (C=O) groups is 2. The molecule has 0 aliphatic carbocycles. The van der Waals surface area contributed by atoms with Gasteiger partial charge in [0.15, 0.2) is 0 Å². The minimum atomic E-state index is -0.727. The lowest BCUT2D eigenvalue weighted by atomic mass is 9.95. The van der Waals surface area contributed by atoms with E-state index in [1.54, 1.807) is 12.1 Å². The van der Waals surface area contributed by atoms with Gasteiger partial charge in [-0.15, -0.1) is 0 Å². The Bertz CT molecular complexity index is 1050. The Hall–Kier alpha value is -2.35. The van der Waals surface area contributed by atoms with Gasteiger partial charge in [-0.2, -0.15) is 0 Å². The number of likely N-dealkylation sites (tertiary alicyclic amines) is 1. The van der Waals surface area contributed by atoms with E-state index in [-0.39, 0.29) is 17.4 Å². The fourth-order valence-electron chi connectivity index (χ4n) is 3.73. The number of ether oxygens (including phenoxy) is 2. The molecule has 0 saturated carbocycles. The molecule has 1 amide bonds. The molecule has 1 saturated heterocycles. The maximum atomic E-state index is 13.1. The van der Waals surface area contributed by atoms with E-state index in [4.69, 9.17) is 21.1 Å². The smallest absolute Gasteiger partial charge is 0.295 e. The fraction of sp³-hybridized carbons (Fsp3) is 0.360. The summed E-state index contributed by atoms with van der Waals surface area (Å²) in [5.41, 5.74) is 1.10. The van der Waals surface area contributed by atoms with E-state index in [0.717, 1.165) is 10.0 Å². The zero-order valence-corrected chi connectivity index (χ0v) is 21.1. The molecule has 0 aromatic heterocycles. The van der Waals surface area contributed by atoms with Crippen LogP contribution in [0.1, 0.15) is 44.4 Å². The standard InChI is InChI=1S/C25H27BrClNO5/c1-4-32-20-11-8-17(14-19(20)27)23(29)21-22(16-6-9-18(26)10-7-16)28(25(31)24(21)30)12-5-13-33-15(2)3/h6-11,14-15,22,29H,4-5,12-13H2,1-3H3/b23-21-. The molecule has 2 aromatic carbocycles. The number of aliphatic hydroxyl groups is 1. The van der Waals surface area contributed by atoms with Crippen molar-refractivity contribution in [2.24, 2.45) is 0 Å². The number of halogens is 2. The van der Waals surface area contributed by atoms with Crippen LogP contribution in [0.5, 0.6) is 5.75 Å². The van der Waals surface area contributed by atoms with Crippen molar-refractivity contribution in [1.29, 1.82) is 0 Å². The molecule has 0 bridgehead atoms. The molecule has 1 aliphatic heterocycles. The van der Waals surface area contributed by atoms with Crippen LogP contribution in [0.4, 0.5) is 0 Å². The first-order valence-corrected chi connectivity index (χ1v) is 12.0. The van der Waals surface area contributed by atoms with Gasteiger partial charge in [0.05, 0.1) is 29.3 Å². The summed E-state index contributed by atoms with van der Waals surface area (Å²) in [7, 11) is 0. The van der Waals surface area contributed by atoms with Gasteiger partial charge < -0.3 is 19.5 Å². The SMILES string of the molecule is CCOc1ccc(/C(O)=C2/C(=O)C(=O)N(CCCOC(C)C)C2c2ccc(Br)cc2)cc1Cl. The van der Waals surface area contributed by atoms with Gasteiger partial charge in [0.1, 0.15) is 11.5 Å². The van der Waals surface area contributed by atoms with Crippen molar-refractivity contribution in [2.45, 2.75) is 39.3 Å². The van der Waals surface area contributed by atoms with E-state index in [1.807, 2.05) is 45.0 Å². The summed E-state index contributed by atoms with van der Waals surface area (Å²) in [4.78, 5) is 27.5. The highest BCUT2D eigenvalue weighted by atomic mass is 79.9. The summed E-state index contributed by atoms with van der Waals surface area (Å²) < 4.78 is 11.9. The number of rotatable bonds is 9. The topological polar surface area (TPSA) is 76.1 Å². The van der Waals surface area contributed by atoms with Crippen molar-refractivity contribution >= 4 is 45.0 Å². The van der Waals surface area contributed by atoms with E-state index in [0.29, 0.717) is 42.5 Å². The quantitative estimate of drug-likeness (QED) is 0.191. The molecule has 1 fully saturated rings. The van der Waals surface area contributed by atoms with Crippen LogP contribution in [0.2, 0.25) is 5.02 Å². The zero-order chi connectivity index (χ0) is 24.1. The number of nitrogens with zero attached hydrogens (tertiary/aromatic N) is 1. The van der Waals surface area contributed by atoms with Crippen molar-refractivity contribution in [3.63, 3.8) is 0 Å². The molecule has 1 atom stereocenters. The van der Waals surface area contributed by atoms with Crippen molar-refractivity contribution in [1.82, 2.24) is 4.90 Å². The largest absolute Gasteiger partial charge is 0.507 e. The van der Waals surface area contributed by atoms with E-state index in [1.165, 1.54) is 11.0 Å². The molecule has 2 aromatic rings. The van der Waals surface area contributed by atoms with Crippen molar-refractivity contribution < 1.29 is 24.2 Å². The van der Waals surface area contributed by atoms with Crippen LogP contribution in [0.25, 0.3) is 5.76 Å². The minimum absolute atomic E-state index is 0.0346. The summed E-state index contributed by atoms with van der Waals surface area (Å²) in [6, 6.07) is 11.4.